The number of hydrogen-bond acceptors (Lipinski definition) is 2. The first kappa shape index (κ1) is 13.8. The maximum Gasteiger partial charge on any atom is 0.243 e. The Balaban J connectivity index is 1.75. The molecular weight excluding hydrogens is 238 g/mol. The molecule has 1 aliphatic carbocycles. The van der Waals surface area contributed by atoms with Crippen molar-refractivity contribution in [1.82, 2.24) is 5.32 Å². The third-order valence-corrected chi connectivity index (χ3v) is 3.44. The Morgan fingerprint density at radius 2 is 2.32 bits per heavy atom. The molecule has 1 aromatic carbocycles. The quantitative estimate of drug-likeness (QED) is 0.630. The van der Waals surface area contributed by atoms with E-state index in [1.165, 1.54) is 23.6 Å². The number of aryl methyl sites for hydroxylation is 1. The fourth-order valence-electron chi connectivity index (χ4n) is 2.46. The molecule has 0 heterocycles. The van der Waals surface area contributed by atoms with Crippen LogP contribution >= 0.6 is 0 Å². The number of fused-ring (bicyclic) bond motifs is 1. The highest BCUT2D eigenvalue weighted by Crippen LogP contribution is 2.32. The van der Waals surface area contributed by atoms with Gasteiger partial charge in [0.2, 0.25) is 5.91 Å². The first-order chi connectivity index (χ1) is 9.31. The fraction of sp³-hybridized carbons (Fsp3) is 0.438. The van der Waals surface area contributed by atoms with Crippen molar-refractivity contribution in [2.45, 2.75) is 31.8 Å². The molecule has 1 atom stereocenters. The molecule has 0 bridgehead atoms. The highest BCUT2D eigenvalue weighted by Gasteiger charge is 2.19. The monoisotopic (exact) mass is 259 g/mol. The smallest absolute Gasteiger partial charge is 0.243 e. The van der Waals surface area contributed by atoms with Crippen LogP contribution in [-0.4, -0.2) is 19.1 Å². The van der Waals surface area contributed by atoms with Crippen LogP contribution in [0, 0.1) is 0 Å². The molecular formula is C16H21NO2. The van der Waals surface area contributed by atoms with E-state index in [9.17, 15) is 4.79 Å². The van der Waals surface area contributed by atoms with Crippen molar-refractivity contribution in [1.29, 1.82) is 0 Å². The normalized spacial score (nSPS) is 17.6. The lowest BCUT2D eigenvalue weighted by atomic mass is 9.89. The molecule has 0 fully saturated rings. The molecule has 1 aromatic rings. The predicted octanol–water partition coefficient (Wildman–Crippen LogP) is 2.77. The summed E-state index contributed by atoms with van der Waals surface area (Å²) in [4.78, 5) is 11.0. The van der Waals surface area contributed by atoms with Gasteiger partial charge in [0.05, 0.1) is 6.10 Å². The molecule has 3 nitrogen and oxygen atoms in total. The van der Waals surface area contributed by atoms with E-state index >= 15 is 0 Å². The van der Waals surface area contributed by atoms with Crippen LogP contribution in [0.3, 0.4) is 0 Å². The summed E-state index contributed by atoms with van der Waals surface area (Å²) in [6, 6.07) is 8.52. The Kier molecular flexibility index (Phi) is 5.16. The first-order valence-corrected chi connectivity index (χ1v) is 6.91. The summed E-state index contributed by atoms with van der Waals surface area (Å²) in [5.74, 6) is -0.122. The van der Waals surface area contributed by atoms with Crippen molar-refractivity contribution in [2.24, 2.45) is 0 Å². The number of hydrogen-bond donors (Lipinski definition) is 1. The third kappa shape index (κ3) is 3.93. The maximum absolute atomic E-state index is 11.0. The van der Waals surface area contributed by atoms with E-state index in [-0.39, 0.29) is 12.0 Å². The minimum atomic E-state index is -0.122. The topological polar surface area (TPSA) is 38.3 Å². The molecule has 2 rings (SSSR count). The van der Waals surface area contributed by atoms with Crippen molar-refractivity contribution in [3.63, 3.8) is 0 Å². The van der Waals surface area contributed by atoms with Gasteiger partial charge < -0.3 is 10.1 Å². The van der Waals surface area contributed by atoms with Gasteiger partial charge in [-0.1, -0.05) is 30.8 Å². The highest BCUT2D eigenvalue weighted by molar-refractivity contribution is 5.86. The van der Waals surface area contributed by atoms with Crippen LogP contribution in [0.5, 0.6) is 0 Å². The minimum Gasteiger partial charge on any atom is -0.373 e. The number of carbonyl (C=O) groups is 1. The van der Waals surface area contributed by atoms with Gasteiger partial charge in [-0.3, -0.25) is 4.79 Å². The van der Waals surface area contributed by atoms with Crippen LogP contribution in [0.2, 0.25) is 0 Å². The van der Waals surface area contributed by atoms with E-state index in [2.05, 4.69) is 36.2 Å². The van der Waals surface area contributed by atoms with Crippen LogP contribution in [-0.2, 0) is 16.0 Å². The zero-order valence-corrected chi connectivity index (χ0v) is 11.2. The van der Waals surface area contributed by atoms with Crippen LogP contribution < -0.4 is 5.32 Å². The molecule has 0 aromatic heterocycles. The predicted molar refractivity (Wildman–Crippen MR) is 75.9 cm³/mol. The van der Waals surface area contributed by atoms with Gasteiger partial charge in [0, 0.05) is 13.2 Å². The van der Waals surface area contributed by atoms with Gasteiger partial charge >= 0.3 is 0 Å². The second-order valence-electron chi connectivity index (χ2n) is 4.80. The lowest BCUT2D eigenvalue weighted by Crippen LogP contribution is -2.23. The lowest BCUT2D eigenvalue weighted by Gasteiger charge is -2.25. The SMILES string of the molecule is C=CC(=O)NCCCO[C@H]1CCCc2ccccc21. The van der Waals surface area contributed by atoms with Gasteiger partial charge in [-0.15, -0.1) is 0 Å². The van der Waals surface area contributed by atoms with Gasteiger partial charge in [-0.2, -0.15) is 0 Å². The molecule has 1 aliphatic rings. The van der Waals surface area contributed by atoms with Crippen molar-refractivity contribution in [3.8, 4) is 0 Å². The van der Waals surface area contributed by atoms with Gasteiger partial charge in [0.15, 0.2) is 0 Å². The van der Waals surface area contributed by atoms with Crippen LogP contribution in [0.1, 0.15) is 36.5 Å². The molecule has 0 saturated heterocycles. The zero-order chi connectivity index (χ0) is 13.5. The van der Waals surface area contributed by atoms with Crippen molar-refractivity contribution in [3.05, 3.63) is 48.0 Å². The molecule has 1 N–H and O–H groups in total. The third-order valence-electron chi connectivity index (χ3n) is 3.44. The fourth-order valence-corrected chi connectivity index (χ4v) is 2.46. The van der Waals surface area contributed by atoms with Crippen molar-refractivity contribution >= 4 is 5.91 Å². The number of amides is 1. The number of ether oxygens (including phenoxy) is 1. The van der Waals surface area contributed by atoms with Crippen molar-refractivity contribution < 1.29 is 9.53 Å². The second-order valence-corrected chi connectivity index (χ2v) is 4.80. The average molecular weight is 259 g/mol. The molecule has 102 valence electrons. The zero-order valence-electron chi connectivity index (χ0n) is 11.2. The number of carbonyl (C=O) groups excluding carboxylic acids is 1. The molecule has 0 aliphatic heterocycles. The summed E-state index contributed by atoms with van der Waals surface area (Å²) in [5.41, 5.74) is 2.75. The number of rotatable bonds is 6. The van der Waals surface area contributed by atoms with Crippen LogP contribution in [0.4, 0.5) is 0 Å². The Morgan fingerprint density at radius 1 is 1.47 bits per heavy atom. The minimum absolute atomic E-state index is 0.122. The summed E-state index contributed by atoms with van der Waals surface area (Å²) < 4.78 is 5.95. The maximum atomic E-state index is 11.0. The van der Waals surface area contributed by atoms with E-state index in [1.54, 1.807) is 0 Å². The molecule has 0 saturated carbocycles. The van der Waals surface area contributed by atoms with E-state index in [0.29, 0.717) is 13.2 Å². The van der Waals surface area contributed by atoms with E-state index in [4.69, 9.17) is 4.74 Å². The van der Waals surface area contributed by atoms with Gasteiger partial charge in [0.1, 0.15) is 0 Å². The van der Waals surface area contributed by atoms with Gasteiger partial charge in [-0.25, -0.2) is 0 Å². The summed E-state index contributed by atoms with van der Waals surface area (Å²) in [6.07, 6.45) is 5.78. The van der Waals surface area contributed by atoms with E-state index in [1.807, 2.05) is 0 Å². The van der Waals surface area contributed by atoms with Gasteiger partial charge in [0.25, 0.3) is 0 Å². The summed E-state index contributed by atoms with van der Waals surface area (Å²) in [5, 5.41) is 2.75. The highest BCUT2D eigenvalue weighted by atomic mass is 16.5. The standard InChI is InChI=1S/C16H21NO2/c1-2-16(18)17-11-6-12-19-15-10-5-8-13-7-3-4-9-14(13)15/h2-4,7,9,15H,1,5-6,8,10-12H2,(H,17,18)/t15-/m0/s1. The second kappa shape index (κ2) is 7.10. The molecule has 0 unspecified atom stereocenters. The first-order valence-electron chi connectivity index (χ1n) is 6.91. The van der Waals surface area contributed by atoms with E-state index < -0.39 is 0 Å². The Labute approximate surface area is 114 Å². The molecule has 1 amide bonds. The number of nitrogens with one attached hydrogen (secondary N) is 1. The lowest BCUT2D eigenvalue weighted by molar-refractivity contribution is -0.116. The average Bonchev–Trinajstić information content (AvgIpc) is 2.46. The Morgan fingerprint density at radius 3 is 3.16 bits per heavy atom. The molecule has 3 heteroatoms. The molecule has 0 spiro atoms. The Hall–Kier alpha value is -1.61. The molecule has 19 heavy (non-hydrogen) atoms. The largest absolute Gasteiger partial charge is 0.373 e. The Bertz CT molecular complexity index is 442. The van der Waals surface area contributed by atoms with Crippen LogP contribution in [0.25, 0.3) is 0 Å². The molecule has 0 radical (unpaired) electrons. The van der Waals surface area contributed by atoms with Gasteiger partial charge in [-0.05, 0) is 42.9 Å². The van der Waals surface area contributed by atoms with E-state index in [0.717, 1.165) is 19.3 Å². The summed E-state index contributed by atoms with van der Waals surface area (Å²) in [7, 11) is 0. The van der Waals surface area contributed by atoms with Crippen LogP contribution in [0.15, 0.2) is 36.9 Å². The van der Waals surface area contributed by atoms with Crippen molar-refractivity contribution in [2.75, 3.05) is 13.2 Å². The number of benzene rings is 1. The summed E-state index contributed by atoms with van der Waals surface area (Å²) in [6.45, 7) is 4.73. The summed E-state index contributed by atoms with van der Waals surface area (Å²) >= 11 is 0.